The Morgan fingerprint density at radius 1 is 1.09 bits per heavy atom. The molecule has 2 aromatic rings. The molecule has 6 heteroatoms. The van der Waals surface area contributed by atoms with Crippen molar-refractivity contribution in [2.24, 2.45) is 11.3 Å². The molecule has 1 aliphatic rings. The van der Waals surface area contributed by atoms with Crippen LogP contribution in [0.3, 0.4) is 0 Å². The number of likely N-dealkylation sites (tertiary alicyclic amines) is 1. The molecule has 1 saturated heterocycles. The molecule has 0 radical (unpaired) electrons. The Morgan fingerprint density at radius 2 is 1.73 bits per heavy atom. The van der Waals surface area contributed by atoms with Crippen molar-refractivity contribution in [2.75, 3.05) is 13.1 Å². The van der Waals surface area contributed by atoms with E-state index in [2.05, 4.69) is 5.32 Å². The summed E-state index contributed by atoms with van der Waals surface area (Å²) in [5.74, 6) is -0.510. The van der Waals surface area contributed by atoms with Gasteiger partial charge in [-0.3, -0.25) is 9.59 Å². The number of carbonyl (C=O) groups is 2. The molecule has 176 valence electrons. The highest BCUT2D eigenvalue weighted by atomic mass is 35.5. The van der Waals surface area contributed by atoms with Gasteiger partial charge in [-0.05, 0) is 41.7 Å². The van der Waals surface area contributed by atoms with Gasteiger partial charge in [0, 0.05) is 29.6 Å². The molecule has 2 amide bonds. The van der Waals surface area contributed by atoms with Crippen molar-refractivity contribution in [3.63, 3.8) is 0 Å². The summed E-state index contributed by atoms with van der Waals surface area (Å²) in [6, 6.07) is 16.1. The first kappa shape index (κ1) is 25.0. The molecule has 1 aliphatic heterocycles. The second kappa shape index (κ2) is 10.1. The van der Waals surface area contributed by atoms with Gasteiger partial charge in [0.1, 0.15) is 6.04 Å². The molecular formula is C27H33ClN2O3. The third-order valence-electron chi connectivity index (χ3n) is 6.54. The summed E-state index contributed by atoms with van der Waals surface area (Å²) in [5, 5.41) is 15.1. The van der Waals surface area contributed by atoms with E-state index < -0.39 is 17.1 Å². The zero-order valence-electron chi connectivity index (χ0n) is 19.7. The summed E-state index contributed by atoms with van der Waals surface area (Å²) < 4.78 is 0. The highest BCUT2D eigenvalue weighted by Gasteiger charge is 2.50. The van der Waals surface area contributed by atoms with Crippen molar-refractivity contribution in [2.45, 2.75) is 45.8 Å². The van der Waals surface area contributed by atoms with E-state index in [9.17, 15) is 14.7 Å². The van der Waals surface area contributed by atoms with E-state index in [1.54, 1.807) is 23.1 Å². The lowest BCUT2D eigenvalue weighted by molar-refractivity contribution is -0.156. The van der Waals surface area contributed by atoms with Gasteiger partial charge in [0.25, 0.3) is 0 Å². The van der Waals surface area contributed by atoms with Gasteiger partial charge in [-0.2, -0.15) is 0 Å². The van der Waals surface area contributed by atoms with Crippen molar-refractivity contribution < 1.29 is 14.7 Å². The summed E-state index contributed by atoms with van der Waals surface area (Å²) in [5.41, 5.74) is 0.0414. The van der Waals surface area contributed by atoms with Crippen LogP contribution in [0.1, 0.15) is 45.2 Å². The highest BCUT2D eigenvalue weighted by Crippen LogP contribution is 2.46. The predicted octanol–water partition coefficient (Wildman–Crippen LogP) is 4.64. The number of rotatable bonds is 6. The zero-order chi connectivity index (χ0) is 24.2. The van der Waals surface area contributed by atoms with Crippen LogP contribution in [-0.4, -0.2) is 41.0 Å². The molecule has 0 spiro atoms. The Morgan fingerprint density at radius 3 is 2.30 bits per heavy atom. The number of piperidine rings is 1. The van der Waals surface area contributed by atoms with Crippen LogP contribution in [0.2, 0.25) is 5.02 Å². The Hall–Kier alpha value is -2.63. The molecule has 0 unspecified atom stereocenters. The molecule has 3 rings (SSSR count). The molecular weight excluding hydrogens is 436 g/mol. The molecule has 0 bridgehead atoms. The van der Waals surface area contributed by atoms with Crippen LogP contribution in [0.15, 0.2) is 60.7 Å². The number of amides is 2. The first-order valence-corrected chi connectivity index (χ1v) is 11.7. The van der Waals surface area contributed by atoms with Gasteiger partial charge in [-0.15, -0.1) is 0 Å². The van der Waals surface area contributed by atoms with Gasteiger partial charge in [-0.1, -0.05) is 81.8 Å². The van der Waals surface area contributed by atoms with Gasteiger partial charge < -0.3 is 15.3 Å². The average molecular weight is 469 g/mol. The zero-order valence-corrected chi connectivity index (χ0v) is 20.5. The van der Waals surface area contributed by atoms with E-state index in [1.165, 1.54) is 6.08 Å². The standard InChI is InChI=1S/C27H33ClN2O3/c1-19(2)24(29-23(31)15-10-20-8-6-5-7-9-20)25(32)30-17-16-27(33,26(3,4)18-30)21-11-13-22(28)14-12-21/h5-15,19,24,33H,16-18H2,1-4H3,(H,29,31)/b15-10+/t24-,27+/m1/s1. The minimum absolute atomic E-state index is 0.0771. The third-order valence-corrected chi connectivity index (χ3v) is 6.79. The van der Waals surface area contributed by atoms with Crippen molar-refractivity contribution in [1.29, 1.82) is 0 Å². The van der Waals surface area contributed by atoms with Crippen LogP contribution >= 0.6 is 11.6 Å². The smallest absolute Gasteiger partial charge is 0.245 e. The SMILES string of the molecule is CC(C)[C@@H](NC(=O)/C=C/c1ccccc1)C(=O)N1CC[C@](O)(c2ccc(Cl)cc2)C(C)(C)C1. The Bertz CT molecular complexity index is 1000. The molecule has 2 atom stereocenters. The van der Waals surface area contributed by atoms with Crippen molar-refractivity contribution in [3.05, 3.63) is 76.8 Å². The Labute approximate surface area is 201 Å². The maximum Gasteiger partial charge on any atom is 0.245 e. The lowest BCUT2D eigenvalue weighted by atomic mass is 9.66. The van der Waals surface area contributed by atoms with E-state index in [4.69, 9.17) is 11.6 Å². The summed E-state index contributed by atoms with van der Waals surface area (Å²) >= 11 is 6.02. The highest BCUT2D eigenvalue weighted by molar-refractivity contribution is 6.30. The van der Waals surface area contributed by atoms with E-state index in [-0.39, 0.29) is 17.7 Å². The predicted molar refractivity (Wildman–Crippen MR) is 133 cm³/mol. The number of nitrogens with one attached hydrogen (secondary N) is 1. The van der Waals surface area contributed by atoms with Crippen LogP contribution in [0.5, 0.6) is 0 Å². The largest absolute Gasteiger partial charge is 0.384 e. The van der Waals surface area contributed by atoms with E-state index >= 15 is 0 Å². The maximum atomic E-state index is 13.4. The quantitative estimate of drug-likeness (QED) is 0.607. The van der Waals surface area contributed by atoms with Crippen LogP contribution < -0.4 is 5.32 Å². The molecule has 0 saturated carbocycles. The summed E-state index contributed by atoms with van der Waals surface area (Å²) in [7, 11) is 0. The van der Waals surface area contributed by atoms with E-state index in [0.29, 0.717) is 24.5 Å². The Kier molecular flexibility index (Phi) is 7.65. The summed E-state index contributed by atoms with van der Waals surface area (Å²) in [6.45, 7) is 8.55. The average Bonchev–Trinajstić information content (AvgIpc) is 2.78. The normalized spacial score (nSPS) is 21.2. The fraction of sp³-hybridized carbons (Fsp3) is 0.407. The second-order valence-electron chi connectivity index (χ2n) is 9.74. The number of hydrogen-bond donors (Lipinski definition) is 2. The fourth-order valence-electron chi connectivity index (χ4n) is 4.42. The van der Waals surface area contributed by atoms with Gasteiger partial charge >= 0.3 is 0 Å². The molecule has 0 aliphatic carbocycles. The molecule has 1 heterocycles. The minimum atomic E-state index is -1.08. The first-order chi connectivity index (χ1) is 15.5. The summed E-state index contributed by atoms with van der Waals surface area (Å²) in [6.07, 6.45) is 3.59. The monoisotopic (exact) mass is 468 g/mol. The first-order valence-electron chi connectivity index (χ1n) is 11.3. The van der Waals surface area contributed by atoms with Crippen LogP contribution in [0.25, 0.3) is 6.08 Å². The maximum absolute atomic E-state index is 13.4. The number of halogens is 1. The lowest BCUT2D eigenvalue weighted by Gasteiger charge is -2.51. The van der Waals surface area contributed by atoms with Crippen molar-refractivity contribution in [3.8, 4) is 0 Å². The van der Waals surface area contributed by atoms with Gasteiger partial charge in [0.15, 0.2) is 0 Å². The molecule has 33 heavy (non-hydrogen) atoms. The second-order valence-corrected chi connectivity index (χ2v) is 10.2. The van der Waals surface area contributed by atoms with Crippen LogP contribution in [0.4, 0.5) is 0 Å². The third kappa shape index (κ3) is 5.66. The molecule has 1 fully saturated rings. The summed E-state index contributed by atoms with van der Waals surface area (Å²) in [4.78, 5) is 27.7. The lowest BCUT2D eigenvalue weighted by Crippen LogP contribution is -2.60. The number of carbonyl (C=O) groups excluding carboxylic acids is 2. The van der Waals surface area contributed by atoms with Crippen LogP contribution in [-0.2, 0) is 15.2 Å². The van der Waals surface area contributed by atoms with Crippen LogP contribution in [0, 0.1) is 11.3 Å². The fourth-order valence-corrected chi connectivity index (χ4v) is 4.54. The van der Waals surface area contributed by atoms with Gasteiger partial charge in [-0.25, -0.2) is 0 Å². The molecule has 2 N–H and O–H groups in total. The number of hydrogen-bond acceptors (Lipinski definition) is 3. The van der Waals surface area contributed by atoms with Crippen molar-refractivity contribution >= 4 is 29.5 Å². The molecule has 5 nitrogen and oxygen atoms in total. The number of benzene rings is 2. The molecule has 2 aromatic carbocycles. The van der Waals surface area contributed by atoms with Crippen molar-refractivity contribution in [1.82, 2.24) is 10.2 Å². The van der Waals surface area contributed by atoms with Gasteiger partial charge in [0.2, 0.25) is 11.8 Å². The minimum Gasteiger partial charge on any atom is -0.384 e. The topological polar surface area (TPSA) is 69.6 Å². The van der Waals surface area contributed by atoms with E-state index in [0.717, 1.165) is 11.1 Å². The Balaban J connectivity index is 1.71. The van der Waals surface area contributed by atoms with Gasteiger partial charge in [0.05, 0.1) is 5.60 Å². The van der Waals surface area contributed by atoms with E-state index in [1.807, 2.05) is 70.2 Å². The molecule has 0 aromatic heterocycles. The number of nitrogens with zero attached hydrogens (tertiary/aromatic N) is 1. The number of aliphatic hydroxyl groups is 1.